The summed E-state index contributed by atoms with van der Waals surface area (Å²) in [6.07, 6.45) is 0. The zero-order valence-corrected chi connectivity index (χ0v) is 12.4. The number of imidazole rings is 1. The predicted molar refractivity (Wildman–Crippen MR) is 92.7 cm³/mol. The Labute approximate surface area is 131 Å². The van der Waals surface area contributed by atoms with Crippen LogP contribution < -0.4 is 0 Å². The van der Waals surface area contributed by atoms with Crippen LogP contribution in [0.2, 0.25) is 5.02 Å². The zero-order valence-electron chi connectivity index (χ0n) is 11.6. The van der Waals surface area contributed by atoms with Crippen molar-refractivity contribution in [3.05, 3.63) is 71.8 Å². The molecule has 0 amide bonds. The molecule has 0 fully saturated rings. The van der Waals surface area contributed by atoms with E-state index in [9.17, 15) is 0 Å². The fourth-order valence-corrected chi connectivity index (χ4v) is 3.56. The summed E-state index contributed by atoms with van der Waals surface area (Å²) in [6, 6.07) is 22.6. The minimum atomic E-state index is 0.747. The van der Waals surface area contributed by atoms with E-state index in [-0.39, 0.29) is 0 Å². The smallest absolute Gasteiger partial charge is 0.146 e. The first-order valence-corrected chi connectivity index (χ1v) is 7.58. The minimum absolute atomic E-state index is 0.747. The van der Waals surface area contributed by atoms with Crippen molar-refractivity contribution in [2.24, 2.45) is 0 Å². The van der Waals surface area contributed by atoms with Crippen LogP contribution in [0.3, 0.4) is 0 Å². The second kappa shape index (κ2) is 4.21. The monoisotopic (exact) mass is 302 g/mol. The Morgan fingerprint density at radius 3 is 2.36 bits per heavy atom. The number of para-hydroxylation sites is 3. The summed E-state index contributed by atoms with van der Waals surface area (Å²) in [5.41, 5.74) is 4.05. The van der Waals surface area contributed by atoms with Crippen molar-refractivity contribution in [2.45, 2.75) is 0 Å². The Kier molecular flexibility index (Phi) is 2.30. The van der Waals surface area contributed by atoms with E-state index in [0.29, 0.717) is 0 Å². The summed E-state index contributed by atoms with van der Waals surface area (Å²) < 4.78 is 2.18. The predicted octanol–water partition coefficient (Wildman–Crippen LogP) is 5.45. The standard InChI is InChI=1S/C19H11ClN2/c20-15-9-5-8-13-12-6-1-2-7-14(12)19-21-16-10-3-4-11-17(16)22(19)18(13)15/h1-11H. The third kappa shape index (κ3) is 1.42. The van der Waals surface area contributed by atoms with Crippen molar-refractivity contribution in [2.75, 3.05) is 0 Å². The molecule has 3 heteroatoms. The van der Waals surface area contributed by atoms with Crippen molar-refractivity contribution in [3.8, 4) is 0 Å². The molecule has 104 valence electrons. The number of nitrogens with zero attached hydrogens (tertiary/aromatic N) is 2. The maximum Gasteiger partial charge on any atom is 0.146 e. The highest BCUT2D eigenvalue weighted by Gasteiger charge is 2.14. The van der Waals surface area contributed by atoms with Gasteiger partial charge in [-0.25, -0.2) is 4.98 Å². The van der Waals surface area contributed by atoms with Crippen LogP contribution in [0.5, 0.6) is 0 Å². The number of pyridine rings is 1. The molecule has 0 saturated carbocycles. The molecule has 0 bridgehead atoms. The van der Waals surface area contributed by atoms with Crippen molar-refractivity contribution < 1.29 is 0 Å². The molecule has 0 atom stereocenters. The zero-order chi connectivity index (χ0) is 14.7. The lowest BCUT2D eigenvalue weighted by molar-refractivity contribution is 1.31. The van der Waals surface area contributed by atoms with Crippen LogP contribution in [0.1, 0.15) is 0 Å². The SMILES string of the molecule is Clc1cccc2c3ccccc3c3nc4ccccc4n3c12. The van der Waals surface area contributed by atoms with Gasteiger partial charge in [0.25, 0.3) is 0 Å². The molecule has 0 spiro atoms. The minimum Gasteiger partial charge on any atom is -0.290 e. The average Bonchev–Trinajstić information content (AvgIpc) is 2.95. The Balaban J connectivity index is 2.27. The average molecular weight is 303 g/mol. The van der Waals surface area contributed by atoms with Gasteiger partial charge in [-0.15, -0.1) is 0 Å². The van der Waals surface area contributed by atoms with E-state index in [1.807, 2.05) is 30.3 Å². The van der Waals surface area contributed by atoms with Crippen LogP contribution in [0.15, 0.2) is 66.7 Å². The molecule has 0 aliphatic rings. The van der Waals surface area contributed by atoms with E-state index in [1.54, 1.807) is 0 Å². The highest BCUT2D eigenvalue weighted by Crippen LogP contribution is 2.35. The van der Waals surface area contributed by atoms with Crippen LogP contribution in [0, 0.1) is 0 Å². The molecule has 0 aliphatic heterocycles. The molecule has 0 aliphatic carbocycles. The topological polar surface area (TPSA) is 17.3 Å². The Morgan fingerprint density at radius 2 is 1.45 bits per heavy atom. The van der Waals surface area contributed by atoms with Crippen LogP contribution in [0.4, 0.5) is 0 Å². The number of benzene rings is 3. The van der Waals surface area contributed by atoms with Crippen LogP contribution in [-0.4, -0.2) is 9.38 Å². The number of fused-ring (bicyclic) bond motifs is 8. The first kappa shape index (κ1) is 12.0. The molecular weight excluding hydrogens is 292 g/mol. The normalized spacial score (nSPS) is 11.9. The van der Waals surface area contributed by atoms with Gasteiger partial charge in [-0.05, 0) is 23.6 Å². The van der Waals surface area contributed by atoms with Gasteiger partial charge in [-0.3, -0.25) is 4.40 Å². The third-order valence-corrected chi connectivity index (χ3v) is 4.53. The molecular formula is C19H11ClN2. The Hall–Kier alpha value is -2.58. The lowest BCUT2D eigenvalue weighted by atomic mass is 10.1. The molecule has 5 aromatic rings. The van der Waals surface area contributed by atoms with Crippen molar-refractivity contribution in [1.29, 1.82) is 0 Å². The lowest BCUT2D eigenvalue weighted by Crippen LogP contribution is -1.92. The van der Waals surface area contributed by atoms with Crippen molar-refractivity contribution in [3.63, 3.8) is 0 Å². The summed E-state index contributed by atoms with van der Waals surface area (Å²) in [7, 11) is 0. The number of halogens is 1. The van der Waals surface area contributed by atoms with Crippen molar-refractivity contribution in [1.82, 2.24) is 9.38 Å². The van der Waals surface area contributed by atoms with E-state index in [0.717, 1.165) is 38.0 Å². The molecule has 2 aromatic heterocycles. The first-order chi connectivity index (χ1) is 10.8. The Bertz CT molecular complexity index is 1190. The third-order valence-electron chi connectivity index (χ3n) is 4.23. The summed E-state index contributed by atoms with van der Waals surface area (Å²) in [4.78, 5) is 4.84. The van der Waals surface area contributed by atoms with Gasteiger partial charge < -0.3 is 0 Å². The van der Waals surface area contributed by atoms with Gasteiger partial charge in [0.15, 0.2) is 0 Å². The molecule has 0 radical (unpaired) electrons. The van der Waals surface area contributed by atoms with Gasteiger partial charge in [0.2, 0.25) is 0 Å². The van der Waals surface area contributed by atoms with Gasteiger partial charge in [-0.1, -0.05) is 60.1 Å². The number of rotatable bonds is 0. The summed E-state index contributed by atoms with van der Waals surface area (Å²) in [6.45, 7) is 0. The van der Waals surface area contributed by atoms with Crippen molar-refractivity contribution >= 4 is 50.0 Å². The largest absolute Gasteiger partial charge is 0.290 e. The second-order valence-electron chi connectivity index (χ2n) is 5.44. The summed E-state index contributed by atoms with van der Waals surface area (Å²) in [5.74, 6) is 0. The van der Waals surface area contributed by atoms with Crippen LogP contribution >= 0.6 is 11.6 Å². The molecule has 3 aromatic carbocycles. The number of hydrogen-bond donors (Lipinski definition) is 0. The van der Waals surface area contributed by atoms with Crippen LogP contribution in [-0.2, 0) is 0 Å². The first-order valence-electron chi connectivity index (χ1n) is 7.21. The van der Waals surface area contributed by atoms with Gasteiger partial charge in [0, 0.05) is 10.8 Å². The van der Waals surface area contributed by atoms with Gasteiger partial charge >= 0.3 is 0 Å². The highest BCUT2D eigenvalue weighted by molar-refractivity contribution is 6.36. The molecule has 2 heterocycles. The molecule has 5 rings (SSSR count). The number of aromatic nitrogens is 2. The fourth-order valence-electron chi connectivity index (χ4n) is 3.31. The van der Waals surface area contributed by atoms with E-state index in [2.05, 4.69) is 40.8 Å². The van der Waals surface area contributed by atoms with Gasteiger partial charge in [0.05, 0.1) is 21.6 Å². The van der Waals surface area contributed by atoms with E-state index < -0.39 is 0 Å². The maximum atomic E-state index is 6.55. The Morgan fingerprint density at radius 1 is 0.727 bits per heavy atom. The maximum absolute atomic E-state index is 6.55. The van der Waals surface area contributed by atoms with E-state index in [4.69, 9.17) is 16.6 Å². The summed E-state index contributed by atoms with van der Waals surface area (Å²) in [5, 5.41) is 4.23. The fraction of sp³-hybridized carbons (Fsp3) is 0. The highest BCUT2D eigenvalue weighted by atomic mass is 35.5. The molecule has 0 N–H and O–H groups in total. The molecule has 0 saturated heterocycles. The molecule has 0 unspecified atom stereocenters. The van der Waals surface area contributed by atoms with E-state index in [1.165, 1.54) is 5.39 Å². The molecule has 22 heavy (non-hydrogen) atoms. The number of hydrogen-bond acceptors (Lipinski definition) is 1. The van der Waals surface area contributed by atoms with E-state index >= 15 is 0 Å². The lowest BCUT2D eigenvalue weighted by Gasteiger charge is -2.10. The van der Waals surface area contributed by atoms with Gasteiger partial charge in [0.1, 0.15) is 5.65 Å². The summed E-state index contributed by atoms with van der Waals surface area (Å²) >= 11 is 6.55. The second-order valence-corrected chi connectivity index (χ2v) is 5.85. The molecule has 2 nitrogen and oxygen atoms in total. The van der Waals surface area contributed by atoms with Crippen LogP contribution in [0.25, 0.3) is 38.4 Å². The quantitative estimate of drug-likeness (QED) is 0.348. The van der Waals surface area contributed by atoms with Gasteiger partial charge in [-0.2, -0.15) is 0 Å².